The number of nitrogens with zero attached hydrogens (tertiary/aromatic N) is 2. The minimum Gasteiger partial charge on any atom is -0.372 e. The maximum atomic E-state index is 13.0. The zero-order valence-electron chi connectivity index (χ0n) is 14.7. The summed E-state index contributed by atoms with van der Waals surface area (Å²) in [4.78, 5) is 17.8. The third-order valence-electron chi connectivity index (χ3n) is 5.55. The van der Waals surface area contributed by atoms with Crippen LogP contribution in [0.2, 0.25) is 0 Å². The summed E-state index contributed by atoms with van der Waals surface area (Å²) in [6.07, 6.45) is 7.63. The molecule has 126 valence electrons. The summed E-state index contributed by atoms with van der Waals surface area (Å²) in [5.74, 6) is 0.254. The molecule has 0 unspecified atom stereocenters. The van der Waals surface area contributed by atoms with Gasteiger partial charge in [-0.2, -0.15) is 0 Å². The number of likely N-dealkylation sites (tertiary alicyclic amines) is 1. The number of rotatable bonds is 4. The largest absolute Gasteiger partial charge is 0.372 e. The Morgan fingerprint density at radius 1 is 0.826 bits per heavy atom. The first-order valence-corrected chi connectivity index (χ1v) is 9.24. The van der Waals surface area contributed by atoms with Crippen LogP contribution in [-0.2, 0) is 0 Å². The van der Waals surface area contributed by atoms with Crippen LogP contribution in [0.25, 0.3) is 0 Å². The van der Waals surface area contributed by atoms with Crippen molar-refractivity contribution in [1.82, 2.24) is 4.90 Å². The van der Waals surface area contributed by atoms with E-state index in [1.165, 1.54) is 44.2 Å². The summed E-state index contributed by atoms with van der Waals surface area (Å²) in [5.41, 5.74) is 1.71. The van der Waals surface area contributed by atoms with Crippen molar-refractivity contribution in [3.8, 4) is 0 Å². The van der Waals surface area contributed by atoms with E-state index in [1.54, 1.807) is 0 Å². The number of Topliss-reactive ketones (excluding diaryl/α,β-unsaturated/α-hetero) is 1. The van der Waals surface area contributed by atoms with Crippen LogP contribution < -0.4 is 4.90 Å². The lowest BCUT2D eigenvalue weighted by molar-refractivity contribution is 0.0579. The molecule has 3 heteroatoms. The molecule has 2 heterocycles. The van der Waals surface area contributed by atoms with Gasteiger partial charge in [-0.25, -0.2) is 0 Å². The number of ketones is 1. The fourth-order valence-electron chi connectivity index (χ4n) is 3.93. The van der Waals surface area contributed by atoms with Crippen LogP contribution in [0.3, 0.4) is 0 Å². The highest BCUT2D eigenvalue weighted by Gasteiger charge is 2.35. The van der Waals surface area contributed by atoms with Gasteiger partial charge in [0.25, 0.3) is 0 Å². The fraction of sp³-hybridized carbons (Fsp3) is 0.650. The van der Waals surface area contributed by atoms with Crippen molar-refractivity contribution in [1.29, 1.82) is 0 Å². The highest BCUT2D eigenvalue weighted by molar-refractivity contribution is 6.02. The Hall–Kier alpha value is -1.35. The van der Waals surface area contributed by atoms with E-state index >= 15 is 0 Å². The molecule has 3 nitrogen and oxygen atoms in total. The van der Waals surface area contributed by atoms with E-state index in [2.05, 4.69) is 35.8 Å². The molecule has 0 spiro atoms. The average molecular weight is 314 g/mol. The molecule has 1 aromatic rings. The van der Waals surface area contributed by atoms with E-state index < -0.39 is 5.54 Å². The molecule has 2 fully saturated rings. The number of anilines is 1. The van der Waals surface area contributed by atoms with Crippen molar-refractivity contribution in [3.63, 3.8) is 0 Å². The Morgan fingerprint density at radius 2 is 1.35 bits per heavy atom. The Labute approximate surface area is 140 Å². The van der Waals surface area contributed by atoms with Crippen molar-refractivity contribution in [2.45, 2.75) is 57.9 Å². The Bertz CT molecular complexity index is 523. The van der Waals surface area contributed by atoms with Gasteiger partial charge in [0.05, 0.1) is 5.54 Å². The molecule has 2 saturated heterocycles. The van der Waals surface area contributed by atoms with Crippen LogP contribution in [0.5, 0.6) is 0 Å². The van der Waals surface area contributed by atoms with Gasteiger partial charge in [0.2, 0.25) is 0 Å². The van der Waals surface area contributed by atoms with Gasteiger partial charge in [0, 0.05) is 24.3 Å². The molecular weight excluding hydrogens is 284 g/mol. The molecule has 0 bridgehead atoms. The van der Waals surface area contributed by atoms with Crippen LogP contribution >= 0.6 is 0 Å². The summed E-state index contributed by atoms with van der Waals surface area (Å²) < 4.78 is 0. The number of piperidine rings is 2. The number of hydrogen-bond donors (Lipinski definition) is 0. The second kappa shape index (κ2) is 7.04. The third kappa shape index (κ3) is 3.60. The molecule has 0 aromatic heterocycles. The molecular formula is C20H30N2O. The van der Waals surface area contributed by atoms with E-state index in [0.29, 0.717) is 0 Å². The predicted molar refractivity (Wildman–Crippen MR) is 96.3 cm³/mol. The molecule has 2 aliphatic rings. The summed E-state index contributed by atoms with van der Waals surface area (Å²) >= 11 is 0. The highest BCUT2D eigenvalue weighted by atomic mass is 16.1. The van der Waals surface area contributed by atoms with E-state index in [-0.39, 0.29) is 5.78 Å². The van der Waals surface area contributed by atoms with Crippen LogP contribution in [0.1, 0.15) is 62.7 Å². The molecule has 23 heavy (non-hydrogen) atoms. The maximum absolute atomic E-state index is 13.0. The molecule has 0 saturated carbocycles. The molecule has 1 aromatic carbocycles. The number of hydrogen-bond acceptors (Lipinski definition) is 3. The average Bonchev–Trinajstić information content (AvgIpc) is 2.63. The standard InChI is InChI=1S/C20H30N2O/c1-20(2,22-15-7-4-8-16-22)19(23)17-9-11-18(12-10-17)21-13-5-3-6-14-21/h9-12H,3-8,13-16H2,1-2H3. The third-order valence-corrected chi connectivity index (χ3v) is 5.55. The molecule has 0 radical (unpaired) electrons. The lowest BCUT2D eigenvalue weighted by atomic mass is 9.89. The first-order valence-electron chi connectivity index (χ1n) is 9.24. The summed E-state index contributed by atoms with van der Waals surface area (Å²) in [6, 6.07) is 8.31. The Kier molecular flexibility index (Phi) is 5.05. The summed E-state index contributed by atoms with van der Waals surface area (Å²) in [5, 5.41) is 0. The number of carbonyl (C=O) groups excluding carboxylic acids is 1. The predicted octanol–water partition coefficient (Wildman–Crippen LogP) is 4.12. The highest BCUT2D eigenvalue weighted by Crippen LogP contribution is 2.26. The van der Waals surface area contributed by atoms with Gasteiger partial charge in [-0.1, -0.05) is 6.42 Å². The molecule has 3 rings (SSSR count). The SMILES string of the molecule is CC(C)(C(=O)c1ccc(N2CCCCC2)cc1)N1CCCCC1. The lowest BCUT2D eigenvalue weighted by Gasteiger charge is -2.39. The van der Waals surface area contributed by atoms with Gasteiger partial charge in [-0.15, -0.1) is 0 Å². The Morgan fingerprint density at radius 3 is 1.91 bits per heavy atom. The summed E-state index contributed by atoms with van der Waals surface area (Å²) in [7, 11) is 0. The van der Waals surface area contributed by atoms with Gasteiger partial charge in [-0.3, -0.25) is 9.69 Å². The molecule has 0 amide bonds. The summed E-state index contributed by atoms with van der Waals surface area (Å²) in [6.45, 7) is 8.55. The number of benzene rings is 1. The van der Waals surface area contributed by atoms with E-state index in [9.17, 15) is 4.79 Å². The monoisotopic (exact) mass is 314 g/mol. The minimum atomic E-state index is -0.396. The van der Waals surface area contributed by atoms with E-state index in [0.717, 1.165) is 31.7 Å². The normalized spacial score (nSPS) is 20.5. The van der Waals surface area contributed by atoms with E-state index in [4.69, 9.17) is 0 Å². The van der Waals surface area contributed by atoms with Gasteiger partial charge >= 0.3 is 0 Å². The van der Waals surface area contributed by atoms with Crippen molar-refractivity contribution < 1.29 is 4.79 Å². The van der Waals surface area contributed by atoms with Gasteiger partial charge in [-0.05, 0) is 83.3 Å². The first-order chi connectivity index (χ1) is 11.1. The molecule has 2 aliphatic heterocycles. The van der Waals surface area contributed by atoms with Crippen molar-refractivity contribution in [2.24, 2.45) is 0 Å². The van der Waals surface area contributed by atoms with Crippen LogP contribution in [0.4, 0.5) is 5.69 Å². The lowest BCUT2D eigenvalue weighted by Crippen LogP contribution is -2.52. The maximum Gasteiger partial charge on any atom is 0.182 e. The zero-order valence-corrected chi connectivity index (χ0v) is 14.7. The van der Waals surface area contributed by atoms with Crippen LogP contribution in [0, 0.1) is 0 Å². The minimum absolute atomic E-state index is 0.254. The second-order valence-electron chi connectivity index (χ2n) is 7.53. The van der Waals surface area contributed by atoms with Gasteiger partial charge < -0.3 is 4.90 Å². The second-order valence-corrected chi connectivity index (χ2v) is 7.53. The van der Waals surface area contributed by atoms with Crippen LogP contribution in [0.15, 0.2) is 24.3 Å². The van der Waals surface area contributed by atoms with E-state index in [1.807, 2.05) is 12.1 Å². The molecule has 0 aliphatic carbocycles. The number of carbonyl (C=O) groups is 1. The van der Waals surface area contributed by atoms with Gasteiger partial charge in [0.15, 0.2) is 5.78 Å². The topological polar surface area (TPSA) is 23.6 Å². The fourth-order valence-corrected chi connectivity index (χ4v) is 3.93. The smallest absolute Gasteiger partial charge is 0.182 e. The quantitative estimate of drug-likeness (QED) is 0.781. The molecule has 0 atom stereocenters. The van der Waals surface area contributed by atoms with Crippen LogP contribution in [-0.4, -0.2) is 42.4 Å². The van der Waals surface area contributed by atoms with Crippen molar-refractivity contribution in [3.05, 3.63) is 29.8 Å². The van der Waals surface area contributed by atoms with Crippen molar-refractivity contribution >= 4 is 11.5 Å². The molecule has 0 N–H and O–H groups in total. The Balaban J connectivity index is 1.71. The van der Waals surface area contributed by atoms with Gasteiger partial charge in [0.1, 0.15) is 0 Å². The first kappa shape index (κ1) is 16.5. The zero-order chi connectivity index (χ0) is 16.3. The van der Waals surface area contributed by atoms with Crippen molar-refractivity contribution in [2.75, 3.05) is 31.1 Å².